The van der Waals surface area contributed by atoms with Crippen LogP contribution in [-0.2, 0) is 6.42 Å². The largest absolute Gasteiger partial charge is 0.360 e. The quantitative estimate of drug-likeness (QED) is 0.653. The first-order valence-corrected chi connectivity index (χ1v) is 9.51. The summed E-state index contributed by atoms with van der Waals surface area (Å²) in [6, 6.07) is 20.2. The fourth-order valence-electron chi connectivity index (χ4n) is 4.61. The second kappa shape index (κ2) is 6.22. The molecule has 1 unspecified atom stereocenters. The Kier molecular flexibility index (Phi) is 4.03. The molecule has 0 saturated carbocycles. The van der Waals surface area contributed by atoms with E-state index in [-0.39, 0.29) is 5.54 Å². The van der Waals surface area contributed by atoms with Gasteiger partial charge >= 0.3 is 0 Å². The molecular formula is C24H27N. The van der Waals surface area contributed by atoms with Crippen molar-refractivity contribution in [2.75, 3.05) is 0 Å². The normalized spacial score (nSPS) is 21.1. The molecule has 1 nitrogen and oxygen atoms in total. The molecule has 2 aliphatic rings. The van der Waals surface area contributed by atoms with E-state index in [0.29, 0.717) is 6.04 Å². The molecule has 4 rings (SSSR count). The van der Waals surface area contributed by atoms with E-state index in [1.807, 2.05) is 0 Å². The van der Waals surface area contributed by atoms with Crippen molar-refractivity contribution in [2.24, 2.45) is 0 Å². The van der Waals surface area contributed by atoms with Gasteiger partial charge in [-0.15, -0.1) is 0 Å². The van der Waals surface area contributed by atoms with Gasteiger partial charge in [-0.2, -0.15) is 0 Å². The molecule has 0 N–H and O–H groups in total. The molecular weight excluding hydrogens is 302 g/mol. The lowest BCUT2D eigenvalue weighted by atomic mass is 9.74. The Bertz CT molecular complexity index is 824. The van der Waals surface area contributed by atoms with E-state index >= 15 is 0 Å². The molecule has 0 aromatic heterocycles. The maximum atomic E-state index is 2.66. The molecule has 2 heterocycles. The van der Waals surface area contributed by atoms with Crippen LogP contribution in [0.15, 0.2) is 72.4 Å². The number of allylic oxidation sites excluding steroid dienone is 2. The minimum Gasteiger partial charge on any atom is -0.360 e. The summed E-state index contributed by atoms with van der Waals surface area (Å²) in [5.74, 6) is 0. The summed E-state index contributed by atoms with van der Waals surface area (Å²) in [7, 11) is 0. The zero-order valence-corrected chi connectivity index (χ0v) is 15.5. The summed E-state index contributed by atoms with van der Waals surface area (Å²) in [5.41, 5.74) is 7.26. The van der Waals surface area contributed by atoms with Crippen molar-refractivity contribution in [3.63, 3.8) is 0 Å². The van der Waals surface area contributed by atoms with Crippen LogP contribution in [0.2, 0.25) is 0 Å². The lowest BCUT2D eigenvalue weighted by molar-refractivity contribution is 0.0887. The van der Waals surface area contributed by atoms with Crippen LogP contribution in [0.3, 0.4) is 0 Å². The predicted molar refractivity (Wildman–Crippen MR) is 106 cm³/mol. The van der Waals surface area contributed by atoms with Crippen molar-refractivity contribution in [1.82, 2.24) is 4.90 Å². The van der Waals surface area contributed by atoms with Crippen LogP contribution in [0, 0.1) is 0 Å². The van der Waals surface area contributed by atoms with Gasteiger partial charge in [0.2, 0.25) is 0 Å². The van der Waals surface area contributed by atoms with Gasteiger partial charge in [-0.3, -0.25) is 0 Å². The van der Waals surface area contributed by atoms with Gasteiger partial charge in [0.1, 0.15) is 0 Å². The number of rotatable bonds is 3. The highest BCUT2D eigenvalue weighted by Gasteiger charge is 2.42. The molecule has 0 fully saturated rings. The zero-order valence-electron chi connectivity index (χ0n) is 15.5. The van der Waals surface area contributed by atoms with Crippen molar-refractivity contribution >= 4 is 5.57 Å². The van der Waals surface area contributed by atoms with Gasteiger partial charge in [0.05, 0.1) is 6.04 Å². The van der Waals surface area contributed by atoms with Crippen molar-refractivity contribution < 1.29 is 0 Å². The lowest BCUT2D eigenvalue weighted by Gasteiger charge is -2.52. The Morgan fingerprint density at radius 2 is 1.64 bits per heavy atom. The highest BCUT2D eigenvalue weighted by atomic mass is 15.2. The van der Waals surface area contributed by atoms with Crippen molar-refractivity contribution in [3.05, 3.63) is 89.1 Å². The first-order chi connectivity index (χ1) is 12.2. The SMILES string of the molecule is CCC1(CC)Cc2ccccc2C2C=C(C)C(c3ccccc3)=CN21. The van der Waals surface area contributed by atoms with E-state index in [9.17, 15) is 0 Å². The molecule has 0 saturated heterocycles. The molecule has 2 aromatic rings. The zero-order chi connectivity index (χ0) is 17.4. The summed E-state index contributed by atoms with van der Waals surface area (Å²) >= 11 is 0. The molecule has 2 aliphatic heterocycles. The Labute approximate surface area is 151 Å². The van der Waals surface area contributed by atoms with Crippen LogP contribution in [0.4, 0.5) is 0 Å². The third-order valence-corrected chi connectivity index (χ3v) is 6.24. The third kappa shape index (κ3) is 2.54. The van der Waals surface area contributed by atoms with E-state index in [2.05, 4.69) is 92.5 Å². The monoisotopic (exact) mass is 329 g/mol. The van der Waals surface area contributed by atoms with E-state index in [1.165, 1.54) is 40.7 Å². The van der Waals surface area contributed by atoms with Gasteiger partial charge in [0, 0.05) is 17.3 Å². The van der Waals surface area contributed by atoms with Crippen molar-refractivity contribution in [2.45, 2.75) is 51.6 Å². The van der Waals surface area contributed by atoms with Crippen LogP contribution in [0.25, 0.3) is 5.57 Å². The number of hydrogen-bond acceptors (Lipinski definition) is 1. The topological polar surface area (TPSA) is 3.24 Å². The van der Waals surface area contributed by atoms with Crippen LogP contribution in [0.1, 0.15) is 56.3 Å². The van der Waals surface area contributed by atoms with Crippen molar-refractivity contribution in [1.29, 1.82) is 0 Å². The van der Waals surface area contributed by atoms with Gasteiger partial charge in [-0.25, -0.2) is 0 Å². The number of fused-ring (bicyclic) bond motifs is 3. The average molecular weight is 329 g/mol. The second-order valence-corrected chi connectivity index (χ2v) is 7.42. The van der Waals surface area contributed by atoms with Gasteiger partial charge in [0.25, 0.3) is 0 Å². The summed E-state index contributed by atoms with van der Waals surface area (Å²) in [4.78, 5) is 2.66. The molecule has 0 spiro atoms. The van der Waals surface area contributed by atoms with E-state index < -0.39 is 0 Å². The molecule has 0 aliphatic carbocycles. The maximum absolute atomic E-state index is 2.66. The summed E-state index contributed by atoms with van der Waals surface area (Å²) in [6.45, 7) is 6.94. The summed E-state index contributed by atoms with van der Waals surface area (Å²) in [5, 5.41) is 0. The fourth-order valence-corrected chi connectivity index (χ4v) is 4.61. The van der Waals surface area contributed by atoms with Crippen LogP contribution < -0.4 is 0 Å². The number of benzene rings is 2. The first kappa shape index (κ1) is 16.2. The molecule has 0 radical (unpaired) electrons. The molecule has 2 aromatic carbocycles. The standard InChI is InChI=1S/C24H27N/c1-4-24(5-2)16-20-13-9-10-14-21(20)23-15-18(3)22(17-25(23)24)19-11-7-6-8-12-19/h6-15,17,23H,4-5,16H2,1-3H3. The van der Waals surface area contributed by atoms with Gasteiger partial charge in [-0.05, 0) is 48.4 Å². The second-order valence-electron chi connectivity index (χ2n) is 7.42. The Morgan fingerprint density at radius 1 is 0.960 bits per heavy atom. The minimum atomic E-state index is 0.205. The van der Waals surface area contributed by atoms with Gasteiger partial charge in [-0.1, -0.05) is 74.5 Å². The van der Waals surface area contributed by atoms with Gasteiger partial charge < -0.3 is 4.90 Å². The summed E-state index contributed by atoms with van der Waals surface area (Å²) in [6.07, 6.45) is 8.39. The van der Waals surface area contributed by atoms with E-state index in [4.69, 9.17) is 0 Å². The third-order valence-electron chi connectivity index (χ3n) is 6.24. The van der Waals surface area contributed by atoms with E-state index in [0.717, 1.165) is 6.42 Å². The predicted octanol–water partition coefficient (Wildman–Crippen LogP) is 6.15. The Morgan fingerprint density at radius 3 is 2.36 bits per heavy atom. The highest BCUT2D eigenvalue weighted by Crippen LogP contribution is 2.47. The van der Waals surface area contributed by atoms with Crippen molar-refractivity contribution in [3.8, 4) is 0 Å². The lowest BCUT2D eigenvalue weighted by Crippen LogP contribution is -2.52. The first-order valence-electron chi connectivity index (χ1n) is 9.51. The molecule has 0 bridgehead atoms. The minimum absolute atomic E-state index is 0.205. The summed E-state index contributed by atoms with van der Waals surface area (Å²) < 4.78 is 0. The van der Waals surface area contributed by atoms with Gasteiger partial charge in [0.15, 0.2) is 0 Å². The maximum Gasteiger partial charge on any atom is 0.0735 e. The Balaban J connectivity index is 1.88. The molecule has 1 heteroatoms. The average Bonchev–Trinajstić information content (AvgIpc) is 2.67. The molecule has 1 atom stereocenters. The smallest absolute Gasteiger partial charge is 0.0735 e. The van der Waals surface area contributed by atoms with E-state index in [1.54, 1.807) is 0 Å². The van der Waals surface area contributed by atoms with Crippen LogP contribution in [-0.4, -0.2) is 10.4 Å². The molecule has 128 valence electrons. The number of nitrogens with zero attached hydrogens (tertiary/aromatic N) is 1. The van der Waals surface area contributed by atoms with Crippen LogP contribution >= 0.6 is 0 Å². The Hall–Kier alpha value is -2.28. The number of hydrogen-bond donors (Lipinski definition) is 0. The molecule has 25 heavy (non-hydrogen) atoms. The highest BCUT2D eigenvalue weighted by molar-refractivity contribution is 5.79. The fraction of sp³-hybridized carbons (Fsp3) is 0.333. The van der Waals surface area contributed by atoms with Crippen LogP contribution in [0.5, 0.6) is 0 Å². The molecule has 0 amide bonds.